The molecular weight excluding hydrogens is 180 g/mol. The Labute approximate surface area is 82.5 Å². The minimum atomic E-state index is 0.0110. The molecule has 2 rings (SSSR count). The second kappa shape index (κ2) is 3.42. The number of fused-ring (bicyclic) bond motifs is 1. The molecule has 0 aliphatic carbocycles. The highest BCUT2D eigenvalue weighted by Crippen LogP contribution is 2.17. The van der Waals surface area contributed by atoms with Crippen molar-refractivity contribution in [3.05, 3.63) is 17.5 Å². The Hall–Kier alpha value is -1.36. The van der Waals surface area contributed by atoms with E-state index in [0.29, 0.717) is 6.54 Å². The van der Waals surface area contributed by atoms with Gasteiger partial charge in [-0.25, -0.2) is 0 Å². The minimum absolute atomic E-state index is 0.0110. The van der Waals surface area contributed by atoms with E-state index in [1.807, 2.05) is 17.9 Å². The van der Waals surface area contributed by atoms with Gasteiger partial charge in [0.1, 0.15) is 0 Å². The van der Waals surface area contributed by atoms with Crippen LogP contribution in [-0.2, 0) is 24.8 Å². The molecule has 0 bridgehead atoms. The fourth-order valence-corrected chi connectivity index (χ4v) is 1.78. The predicted octanol–water partition coefficient (Wildman–Crippen LogP) is -0.736. The number of nitrogens with zero attached hydrogens (tertiary/aromatic N) is 3. The van der Waals surface area contributed by atoms with Crippen molar-refractivity contribution in [1.82, 2.24) is 14.7 Å². The number of carbonyl (C=O) groups is 1. The lowest BCUT2D eigenvalue weighted by atomic mass is 10.1. The van der Waals surface area contributed by atoms with Gasteiger partial charge in [-0.3, -0.25) is 9.48 Å². The van der Waals surface area contributed by atoms with Gasteiger partial charge in [-0.05, 0) is 12.0 Å². The van der Waals surface area contributed by atoms with Crippen LogP contribution in [0.5, 0.6) is 0 Å². The van der Waals surface area contributed by atoms with Crippen molar-refractivity contribution in [1.29, 1.82) is 0 Å². The molecule has 1 aromatic rings. The van der Waals surface area contributed by atoms with Crippen LogP contribution >= 0.6 is 0 Å². The van der Waals surface area contributed by atoms with E-state index in [0.717, 1.165) is 18.7 Å². The fourth-order valence-electron chi connectivity index (χ4n) is 1.78. The highest BCUT2D eigenvalue weighted by Gasteiger charge is 2.22. The first-order chi connectivity index (χ1) is 6.72. The molecule has 0 fully saturated rings. The van der Waals surface area contributed by atoms with Crippen molar-refractivity contribution in [2.24, 2.45) is 12.8 Å². The monoisotopic (exact) mass is 194 g/mol. The molecule has 1 aromatic heterocycles. The van der Waals surface area contributed by atoms with Gasteiger partial charge in [0.25, 0.3) is 0 Å². The first-order valence-corrected chi connectivity index (χ1v) is 4.70. The largest absolute Gasteiger partial charge is 0.335 e. The van der Waals surface area contributed by atoms with E-state index < -0.39 is 0 Å². The topological polar surface area (TPSA) is 64.2 Å². The normalized spacial score (nSPS) is 15.4. The molecule has 1 amide bonds. The standard InChI is InChI=1S/C9H14N4O/c1-12-8-6-13(9(14)4-10)3-2-7(8)5-11-12/h5H,2-4,6,10H2,1H3. The molecule has 2 heterocycles. The quantitative estimate of drug-likeness (QED) is 0.640. The molecule has 1 aliphatic heterocycles. The summed E-state index contributed by atoms with van der Waals surface area (Å²) in [7, 11) is 1.90. The average Bonchev–Trinajstić information content (AvgIpc) is 2.59. The summed E-state index contributed by atoms with van der Waals surface area (Å²) in [6.07, 6.45) is 2.76. The van der Waals surface area contributed by atoms with Gasteiger partial charge in [0, 0.05) is 13.6 Å². The molecule has 0 saturated carbocycles. The third-order valence-corrected chi connectivity index (χ3v) is 2.67. The van der Waals surface area contributed by atoms with E-state index in [4.69, 9.17) is 5.73 Å². The SMILES string of the molecule is Cn1ncc2c1CN(C(=O)CN)CC2. The van der Waals surface area contributed by atoms with E-state index in [1.165, 1.54) is 5.56 Å². The molecule has 5 heteroatoms. The average molecular weight is 194 g/mol. The fraction of sp³-hybridized carbons (Fsp3) is 0.556. The van der Waals surface area contributed by atoms with E-state index in [9.17, 15) is 4.79 Å². The zero-order valence-electron chi connectivity index (χ0n) is 8.23. The summed E-state index contributed by atoms with van der Waals surface area (Å²) < 4.78 is 1.82. The maximum absolute atomic E-state index is 11.4. The zero-order valence-corrected chi connectivity index (χ0v) is 8.23. The second-order valence-corrected chi connectivity index (χ2v) is 3.51. The van der Waals surface area contributed by atoms with Gasteiger partial charge in [-0.2, -0.15) is 5.10 Å². The van der Waals surface area contributed by atoms with Gasteiger partial charge < -0.3 is 10.6 Å². The van der Waals surface area contributed by atoms with Crippen LogP contribution in [0, 0.1) is 0 Å². The molecule has 0 radical (unpaired) electrons. The third-order valence-electron chi connectivity index (χ3n) is 2.67. The summed E-state index contributed by atoms with van der Waals surface area (Å²) in [5.74, 6) is 0.0110. The molecule has 0 aromatic carbocycles. The Balaban J connectivity index is 2.20. The highest BCUT2D eigenvalue weighted by molar-refractivity contribution is 5.78. The molecule has 14 heavy (non-hydrogen) atoms. The van der Waals surface area contributed by atoms with Crippen LogP contribution in [0.25, 0.3) is 0 Å². The molecule has 5 nitrogen and oxygen atoms in total. The van der Waals surface area contributed by atoms with Crippen molar-refractivity contribution in [2.75, 3.05) is 13.1 Å². The van der Waals surface area contributed by atoms with Gasteiger partial charge >= 0.3 is 0 Å². The molecule has 0 spiro atoms. The summed E-state index contributed by atoms with van der Waals surface area (Å²) in [5, 5.41) is 4.17. The molecule has 0 saturated heterocycles. The summed E-state index contributed by atoms with van der Waals surface area (Å²) in [4.78, 5) is 13.2. The number of rotatable bonds is 1. The lowest BCUT2D eigenvalue weighted by Crippen LogP contribution is -2.39. The number of amides is 1. The minimum Gasteiger partial charge on any atom is -0.335 e. The van der Waals surface area contributed by atoms with Crippen LogP contribution in [0.4, 0.5) is 0 Å². The van der Waals surface area contributed by atoms with E-state index >= 15 is 0 Å². The van der Waals surface area contributed by atoms with Crippen molar-refractivity contribution in [3.63, 3.8) is 0 Å². The van der Waals surface area contributed by atoms with Crippen LogP contribution in [0.3, 0.4) is 0 Å². The van der Waals surface area contributed by atoms with E-state index in [2.05, 4.69) is 5.10 Å². The first kappa shape index (κ1) is 9.21. The van der Waals surface area contributed by atoms with Gasteiger partial charge in [-0.1, -0.05) is 0 Å². The van der Waals surface area contributed by atoms with Gasteiger partial charge in [0.15, 0.2) is 0 Å². The van der Waals surface area contributed by atoms with Gasteiger partial charge in [0.05, 0.1) is 25.0 Å². The van der Waals surface area contributed by atoms with E-state index in [1.54, 1.807) is 4.90 Å². The molecule has 0 atom stereocenters. The maximum atomic E-state index is 11.4. The zero-order chi connectivity index (χ0) is 10.1. The van der Waals surface area contributed by atoms with Crippen molar-refractivity contribution in [3.8, 4) is 0 Å². The van der Waals surface area contributed by atoms with Crippen LogP contribution in [0.15, 0.2) is 6.20 Å². The third kappa shape index (κ3) is 1.39. The number of aromatic nitrogens is 2. The Morgan fingerprint density at radius 1 is 1.71 bits per heavy atom. The predicted molar refractivity (Wildman–Crippen MR) is 51.4 cm³/mol. The molecule has 0 unspecified atom stereocenters. The van der Waals surface area contributed by atoms with Crippen LogP contribution in [0.1, 0.15) is 11.3 Å². The van der Waals surface area contributed by atoms with Crippen molar-refractivity contribution in [2.45, 2.75) is 13.0 Å². The summed E-state index contributed by atoms with van der Waals surface area (Å²) in [5.41, 5.74) is 7.69. The molecule has 76 valence electrons. The molecule has 1 aliphatic rings. The molecular formula is C9H14N4O. The maximum Gasteiger partial charge on any atom is 0.236 e. The first-order valence-electron chi connectivity index (χ1n) is 4.70. The smallest absolute Gasteiger partial charge is 0.236 e. The molecule has 2 N–H and O–H groups in total. The number of hydrogen-bond acceptors (Lipinski definition) is 3. The summed E-state index contributed by atoms with van der Waals surface area (Å²) >= 11 is 0. The number of carbonyl (C=O) groups excluding carboxylic acids is 1. The number of aryl methyl sites for hydroxylation is 1. The van der Waals surface area contributed by atoms with Crippen LogP contribution in [0.2, 0.25) is 0 Å². The summed E-state index contributed by atoms with van der Waals surface area (Å²) in [6.45, 7) is 1.49. The van der Waals surface area contributed by atoms with Gasteiger partial charge in [0.2, 0.25) is 5.91 Å². The number of nitrogens with two attached hydrogens (primary N) is 1. The van der Waals surface area contributed by atoms with Crippen LogP contribution in [-0.4, -0.2) is 33.7 Å². The lowest BCUT2D eigenvalue weighted by molar-refractivity contribution is -0.130. The Bertz CT molecular complexity index is 358. The lowest BCUT2D eigenvalue weighted by Gasteiger charge is -2.26. The Morgan fingerprint density at radius 3 is 3.21 bits per heavy atom. The van der Waals surface area contributed by atoms with Crippen molar-refractivity contribution >= 4 is 5.91 Å². The van der Waals surface area contributed by atoms with Gasteiger partial charge in [-0.15, -0.1) is 0 Å². The van der Waals surface area contributed by atoms with Crippen LogP contribution < -0.4 is 5.73 Å². The van der Waals surface area contributed by atoms with E-state index in [-0.39, 0.29) is 12.5 Å². The number of hydrogen-bond donors (Lipinski definition) is 1. The van der Waals surface area contributed by atoms with Crippen molar-refractivity contribution < 1.29 is 4.79 Å². The second-order valence-electron chi connectivity index (χ2n) is 3.51. The highest BCUT2D eigenvalue weighted by atomic mass is 16.2. The Morgan fingerprint density at radius 2 is 2.50 bits per heavy atom. The summed E-state index contributed by atoms with van der Waals surface area (Å²) in [6, 6.07) is 0. The Kier molecular flexibility index (Phi) is 2.25.